The van der Waals surface area contributed by atoms with Crippen molar-refractivity contribution >= 4 is 21.7 Å². The van der Waals surface area contributed by atoms with E-state index in [-0.39, 0.29) is 23.5 Å². The van der Waals surface area contributed by atoms with Gasteiger partial charge in [0.2, 0.25) is 10.0 Å². The number of aliphatic hydroxyl groups is 1. The number of phenolic OH excluding ortho intramolecular Hbond substituents is 1. The quantitative estimate of drug-likeness (QED) is 0.205. The fourth-order valence-electron chi connectivity index (χ4n) is 3.19. The van der Waals surface area contributed by atoms with Crippen LogP contribution in [0.4, 0.5) is 5.69 Å². The van der Waals surface area contributed by atoms with Gasteiger partial charge in [0.05, 0.1) is 23.6 Å². The van der Waals surface area contributed by atoms with Crippen LogP contribution < -0.4 is 14.8 Å². The highest BCUT2D eigenvalue weighted by molar-refractivity contribution is 7.92. The summed E-state index contributed by atoms with van der Waals surface area (Å²) >= 11 is 0. The second-order valence-electron chi connectivity index (χ2n) is 7.63. The lowest BCUT2D eigenvalue weighted by atomic mass is 10.0. The van der Waals surface area contributed by atoms with Gasteiger partial charge in [-0.15, -0.1) is 0 Å². The zero-order valence-electron chi connectivity index (χ0n) is 18.4. The molecule has 0 heterocycles. The van der Waals surface area contributed by atoms with Gasteiger partial charge in [-0.05, 0) is 53.1 Å². The first-order valence-electron chi connectivity index (χ1n) is 10.4. The average molecular weight is 487 g/mol. The van der Waals surface area contributed by atoms with Crippen molar-refractivity contribution in [1.29, 1.82) is 0 Å². The van der Waals surface area contributed by atoms with Crippen molar-refractivity contribution in [2.24, 2.45) is 0 Å². The molecule has 10 heteroatoms. The zero-order valence-corrected chi connectivity index (χ0v) is 19.2. The minimum Gasteiger partial charge on any atom is -0.506 e. The Morgan fingerprint density at radius 2 is 1.62 bits per heavy atom. The molecule has 0 fully saturated rings. The first-order chi connectivity index (χ1) is 16.1. The standard InChI is InChI=1S/C24H26N2O7S/c1-34(31,32)26-21-14-19(8-11-22(21)27)23(28)15-25-12-13-33-20-9-6-17(7-10-20)16-2-4-18(5-3-16)24(29)30/h2-11,14,23,25-28H,12-13,15H2,1H3,(H,29,30)/t23-/m1/s1. The summed E-state index contributed by atoms with van der Waals surface area (Å²) in [5.41, 5.74) is 2.52. The number of aliphatic hydroxyl groups excluding tert-OH is 1. The molecule has 0 radical (unpaired) electrons. The average Bonchev–Trinajstić information content (AvgIpc) is 2.80. The number of sulfonamides is 1. The first-order valence-corrected chi connectivity index (χ1v) is 12.3. The SMILES string of the molecule is CS(=O)(=O)Nc1cc([C@H](O)CNCCOc2ccc(-c3ccc(C(=O)O)cc3)cc2)ccc1O. The monoisotopic (exact) mass is 486 g/mol. The van der Waals surface area contributed by atoms with Crippen LogP contribution in [0.5, 0.6) is 11.5 Å². The molecule has 1 atom stereocenters. The van der Waals surface area contributed by atoms with Crippen LogP contribution in [0.3, 0.4) is 0 Å². The molecule has 9 nitrogen and oxygen atoms in total. The lowest BCUT2D eigenvalue weighted by Gasteiger charge is -2.15. The third-order valence-electron chi connectivity index (χ3n) is 4.91. The Balaban J connectivity index is 1.45. The predicted molar refractivity (Wildman–Crippen MR) is 129 cm³/mol. The zero-order chi connectivity index (χ0) is 24.7. The number of ether oxygens (including phenoxy) is 1. The number of benzene rings is 3. The van der Waals surface area contributed by atoms with Crippen LogP contribution in [-0.4, -0.2) is 55.7 Å². The molecule has 0 saturated carbocycles. The molecule has 180 valence electrons. The summed E-state index contributed by atoms with van der Waals surface area (Å²) in [6, 6.07) is 18.3. The van der Waals surface area contributed by atoms with E-state index in [0.29, 0.717) is 24.5 Å². The van der Waals surface area contributed by atoms with E-state index < -0.39 is 22.1 Å². The molecule has 0 aromatic heterocycles. The molecule has 0 amide bonds. The van der Waals surface area contributed by atoms with Crippen LogP contribution in [0.1, 0.15) is 22.0 Å². The van der Waals surface area contributed by atoms with Gasteiger partial charge in [0.25, 0.3) is 0 Å². The molecule has 0 bridgehead atoms. The summed E-state index contributed by atoms with van der Waals surface area (Å²) in [4.78, 5) is 11.0. The number of aromatic carboxylic acids is 1. The van der Waals surface area contributed by atoms with Gasteiger partial charge in [-0.3, -0.25) is 4.72 Å². The number of hydrogen-bond acceptors (Lipinski definition) is 7. The van der Waals surface area contributed by atoms with Gasteiger partial charge in [0.1, 0.15) is 18.1 Å². The molecule has 3 rings (SSSR count). The normalized spacial score (nSPS) is 12.2. The number of nitrogens with one attached hydrogen (secondary N) is 2. The van der Waals surface area contributed by atoms with E-state index in [4.69, 9.17) is 9.84 Å². The van der Waals surface area contributed by atoms with Gasteiger partial charge in [0, 0.05) is 13.1 Å². The Morgan fingerprint density at radius 1 is 1.00 bits per heavy atom. The van der Waals surface area contributed by atoms with Gasteiger partial charge in [-0.2, -0.15) is 0 Å². The van der Waals surface area contributed by atoms with E-state index in [0.717, 1.165) is 17.4 Å². The smallest absolute Gasteiger partial charge is 0.335 e. The Morgan fingerprint density at radius 3 is 2.21 bits per heavy atom. The number of carbonyl (C=O) groups is 1. The largest absolute Gasteiger partial charge is 0.506 e. The third-order valence-corrected chi connectivity index (χ3v) is 5.50. The first kappa shape index (κ1) is 25.0. The van der Waals surface area contributed by atoms with Crippen molar-refractivity contribution in [1.82, 2.24) is 5.32 Å². The van der Waals surface area contributed by atoms with Gasteiger partial charge in [0.15, 0.2) is 0 Å². The van der Waals surface area contributed by atoms with Gasteiger partial charge >= 0.3 is 5.97 Å². The predicted octanol–water partition coefficient (Wildman–Crippen LogP) is 2.83. The summed E-state index contributed by atoms with van der Waals surface area (Å²) in [6.45, 7) is 1.02. The summed E-state index contributed by atoms with van der Waals surface area (Å²) < 4.78 is 30.7. The van der Waals surface area contributed by atoms with Crippen molar-refractivity contribution in [3.05, 3.63) is 77.9 Å². The Labute approximate surface area is 197 Å². The van der Waals surface area contributed by atoms with E-state index in [1.54, 1.807) is 24.3 Å². The highest BCUT2D eigenvalue weighted by atomic mass is 32.2. The van der Waals surface area contributed by atoms with Crippen LogP contribution in [0, 0.1) is 0 Å². The van der Waals surface area contributed by atoms with Gasteiger partial charge in [-0.1, -0.05) is 30.3 Å². The molecule has 0 aliphatic heterocycles. The molecule has 0 aliphatic carbocycles. The molecule has 0 unspecified atom stereocenters. The van der Waals surface area contributed by atoms with E-state index in [1.165, 1.54) is 18.2 Å². The molecule has 34 heavy (non-hydrogen) atoms. The fraction of sp³-hybridized carbons (Fsp3) is 0.208. The lowest BCUT2D eigenvalue weighted by molar-refractivity contribution is 0.0697. The Bertz CT molecular complexity index is 1230. The fourth-order valence-corrected chi connectivity index (χ4v) is 3.75. The highest BCUT2D eigenvalue weighted by Gasteiger charge is 2.13. The molecular weight excluding hydrogens is 460 g/mol. The molecule has 3 aromatic rings. The summed E-state index contributed by atoms with van der Waals surface area (Å²) in [6.07, 6.45) is 0.0657. The minimum absolute atomic E-state index is 0.00339. The Hall–Kier alpha value is -3.60. The maximum absolute atomic E-state index is 11.4. The number of carboxylic acids is 1. The van der Waals surface area contributed by atoms with E-state index in [2.05, 4.69) is 10.0 Å². The number of anilines is 1. The lowest BCUT2D eigenvalue weighted by Crippen LogP contribution is -2.26. The molecular formula is C24H26N2O7S. The highest BCUT2D eigenvalue weighted by Crippen LogP contribution is 2.28. The van der Waals surface area contributed by atoms with Crippen LogP contribution in [0.2, 0.25) is 0 Å². The van der Waals surface area contributed by atoms with Gasteiger partial charge < -0.3 is 25.4 Å². The van der Waals surface area contributed by atoms with Crippen LogP contribution in [0.25, 0.3) is 11.1 Å². The number of phenols is 1. The van der Waals surface area contributed by atoms with Crippen molar-refractivity contribution in [2.45, 2.75) is 6.10 Å². The topological polar surface area (TPSA) is 145 Å². The molecule has 5 N–H and O–H groups in total. The Kier molecular flexibility index (Phi) is 8.11. The van der Waals surface area contributed by atoms with Crippen molar-refractivity contribution in [2.75, 3.05) is 30.7 Å². The third kappa shape index (κ3) is 7.20. The van der Waals surface area contributed by atoms with Crippen molar-refractivity contribution in [3.8, 4) is 22.6 Å². The molecule has 3 aromatic carbocycles. The minimum atomic E-state index is -3.56. The molecule has 0 spiro atoms. The van der Waals surface area contributed by atoms with Gasteiger partial charge in [-0.25, -0.2) is 13.2 Å². The second kappa shape index (κ2) is 11.0. The molecule has 0 saturated heterocycles. The van der Waals surface area contributed by atoms with Crippen LogP contribution in [0.15, 0.2) is 66.7 Å². The van der Waals surface area contributed by atoms with Crippen LogP contribution >= 0.6 is 0 Å². The number of hydrogen-bond donors (Lipinski definition) is 5. The number of aromatic hydroxyl groups is 1. The molecule has 0 aliphatic rings. The van der Waals surface area contributed by atoms with E-state index >= 15 is 0 Å². The van der Waals surface area contributed by atoms with Crippen molar-refractivity contribution < 1.29 is 33.3 Å². The maximum Gasteiger partial charge on any atom is 0.335 e. The van der Waals surface area contributed by atoms with E-state index in [9.17, 15) is 23.4 Å². The van der Waals surface area contributed by atoms with Crippen LogP contribution in [-0.2, 0) is 10.0 Å². The number of carboxylic acid groups (broad SMARTS) is 1. The van der Waals surface area contributed by atoms with Crippen molar-refractivity contribution in [3.63, 3.8) is 0 Å². The summed E-state index contributed by atoms with van der Waals surface area (Å²) in [7, 11) is -3.56. The summed E-state index contributed by atoms with van der Waals surface area (Å²) in [5.74, 6) is -0.525. The number of rotatable bonds is 11. The second-order valence-corrected chi connectivity index (χ2v) is 9.37. The van der Waals surface area contributed by atoms with E-state index in [1.807, 2.05) is 24.3 Å². The maximum atomic E-state index is 11.4. The summed E-state index contributed by atoms with van der Waals surface area (Å²) in [5, 5.41) is 32.2.